The van der Waals surface area contributed by atoms with Crippen molar-refractivity contribution < 1.29 is 24.2 Å². The molecule has 1 heterocycles. The third-order valence-electron chi connectivity index (χ3n) is 3.00. The van der Waals surface area contributed by atoms with E-state index in [2.05, 4.69) is 0 Å². The second kappa shape index (κ2) is 4.89. The van der Waals surface area contributed by atoms with E-state index in [4.69, 9.17) is 9.47 Å². The fraction of sp³-hybridized carbons (Fsp3) is 0.385. The van der Waals surface area contributed by atoms with Crippen molar-refractivity contribution in [2.75, 3.05) is 18.6 Å². The van der Waals surface area contributed by atoms with E-state index in [1.165, 1.54) is 11.8 Å². The Kier molecular flexibility index (Phi) is 3.44. The Morgan fingerprint density at radius 3 is 2.47 bits per heavy atom. The first-order chi connectivity index (χ1) is 9.02. The maximum atomic E-state index is 11.7. The van der Waals surface area contributed by atoms with Crippen LogP contribution in [0.2, 0.25) is 0 Å². The third kappa shape index (κ3) is 2.26. The van der Waals surface area contributed by atoms with Gasteiger partial charge in [0.1, 0.15) is 12.4 Å². The van der Waals surface area contributed by atoms with Crippen LogP contribution in [0.4, 0.5) is 5.69 Å². The third-order valence-corrected chi connectivity index (χ3v) is 3.00. The van der Waals surface area contributed by atoms with Crippen LogP contribution in [-0.2, 0) is 14.3 Å². The quantitative estimate of drug-likeness (QED) is 0.640. The van der Waals surface area contributed by atoms with Gasteiger partial charge in [0.25, 0.3) is 0 Å². The molecule has 1 N–H and O–H groups in total. The highest BCUT2D eigenvalue weighted by Gasteiger charge is 2.54. The molecule has 0 unspecified atom stereocenters. The molecule has 6 heteroatoms. The fourth-order valence-corrected chi connectivity index (χ4v) is 2.15. The van der Waals surface area contributed by atoms with Gasteiger partial charge in [-0.3, -0.25) is 14.5 Å². The van der Waals surface area contributed by atoms with Crippen LogP contribution in [0.5, 0.6) is 5.75 Å². The molecule has 1 amide bonds. The number of esters is 1. The molecule has 19 heavy (non-hydrogen) atoms. The van der Waals surface area contributed by atoms with E-state index in [0.29, 0.717) is 11.4 Å². The van der Waals surface area contributed by atoms with Crippen LogP contribution in [0.25, 0.3) is 0 Å². The van der Waals surface area contributed by atoms with Gasteiger partial charge in [-0.15, -0.1) is 0 Å². The number of carbonyl (C=O) groups excluding carboxylic acids is 2. The van der Waals surface area contributed by atoms with Crippen molar-refractivity contribution in [1.29, 1.82) is 0 Å². The Morgan fingerprint density at radius 1 is 1.42 bits per heavy atom. The lowest BCUT2D eigenvalue weighted by molar-refractivity contribution is -0.176. The summed E-state index contributed by atoms with van der Waals surface area (Å²) in [7, 11) is 1.54. The number of methoxy groups -OCH3 is 1. The minimum absolute atomic E-state index is 0.0187. The van der Waals surface area contributed by atoms with Crippen molar-refractivity contribution in [3.63, 3.8) is 0 Å². The lowest BCUT2D eigenvalue weighted by atomic mass is 9.96. The van der Waals surface area contributed by atoms with Crippen molar-refractivity contribution in [3.8, 4) is 5.75 Å². The minimum atomic E-state index is -1.28. The van der Waals surface area contributed by atoms with Crippen LogP contribution in [0, 0.1) is 0 Å². The first kappa shape index (κ1) is 13.4. The maximum absolute atomic E-state index is 11.7. The van der Waals surface area contributed by atoms with Crippen molar-refractivity contribution in [2.45, 2.75) is 19.1 Å². The molecule has 1 saturated heterocycles. The van der Waals surface area contributed by atoms with Crippen LogP contribution in [0.1, 0.15) is 13.3 Å². The zero-order valence-electron chi connectivity index (χ0n) is 10.8. The molecule has 1 aromatic carbocycles. The molecule has 1 aliphatic heterocycles. The highest BCUT2D eigenvalue weighted by molar-refractivity contribution is 6.02. The molecule has 1 fully saturated rings. The Labute approximate surface area is 110 Å². The Hall–Kier alpha value is -2.08. The van der Waals surface area contributed by atoms with Gasteiger partial charge in [-0.1, -0.05) is 0 Å². The minimum Gasteiger partial charge on any atom is -0.497 e. The molecule has 2 rings (SSSR count). The predicted octanol–water partition coefficient (Wildman–Crippen LogP) is 0.684. The molecule has 0 saturated carbocycles. The topological polar surface area (TPSA) is 76.1 Å². The number of hydrogen-bond donors (Lipinski definition) is 1. The first-order valence-corrected chi connectivity index (χ1v) is 5.80. The number of anilines is 1. The summed E-state index contributed by atoms with van der Waals surface area (Å²) in [6, 6.07) is 6.72. The standard InChI is InChI=1S/C13H15NO5/c1-9(16)19-13(8-15)7-12(17)14(13)10-3-5-11(18-2)6-4-10/h3-6,15H,7-8H2,1-2H3/t13-/m1/s1. The van der Waals surface area contributed by atoms with Crippen LogP contribution < -0.4 is 9.64 Å². The second-order valence-corrected chi connectivity index (χ2v) is 4.30. The normalized spacial score (nSPS) is 21.8. The summed E-state index contributed by atoms with van der Waals surface area (Å²) in [5.41, 5.74) is -0.732. The molecule has 0 aliphatic carbocycles. The van der Waals surface area contributed by atoms with E-state index < -0.39 is 18.3 Å². The van der Waals surface area contributed by atoms with Gasteiger partial charge in [0.2, 0.25) is 11.6 Å². The van der Waals surface area contributed by atoms with Crippen molar-refractivity contribution >= 4 is 17.6 Å². The summed E-state index contributed by atoms with van der Waals surface area (Å²) in [6.07, 6.45) is -0.0187. The highest BCUT2D eigenvalue weighted by atomic mass is 16.6. The van der Waals surface area contributed by atoms with E-state index in [1.54, 1.807) is 31.4 Å². The maximum Gasteiger partial charge on any atom is 0.304 e. The summed E-state index contributed by atoms with van der Waals surface area (Å²) in [4.78, 5) is 24.1. The lowest BCUT2D eigenvalue weighted by Crippen LogP contribution is -2.68. The number of β-lactam (4-membered cyclic amide) rings is 1. The predicted molar refractivity (Wildman–Crippen MR) is 66.7 cm³/mol. The van der Waals surface area contributed by atoms with E-state index in [9.17, 15) is 14.7 Å². The average molecular weight is 265 g/mol. The molecule has 102 valence electrons. The van der Waals surface area contributed by atoms with Crippen molar-refractivity contribution in [1.82, 2.24) is 0 Å². The van der Waals surface area contributed by atoms with Gasteiger partial charge in [-0.05, 0) is 24.3 Å². The lowest BCUT2D eigenvalue weighted by Gasteiger charge is -2.49. The summed E-state index contributed by atoms with van der Waals surface area (Å²) in [5, 5.41) is 9.44. The summed E-state index contributed by atoms with van der Waals surface area (Å²) in [6.45, 7) is 0.802. The number of ether oxygens (including phenoxy) is 2. The van der Waals surface area contributed by atoms with Gasteiger partial charge in [-0.25, -0.2) is 0 Å². The molecule has 0 radical (unpaired) electrons. The van der Waals surface area contributed by atoms with E-state index in [1.807, 2.05) is 0 Å². The van der Waals surface area contributed by atoms with Crippen LogP contribution in [-0.4, -0.2) is 36.4 Å². The summed E-state index contributed by atoms with van der Waals surface area (Å²) >= 11 is 0. The Bertz CT molecular complexity index is 498. The summed E-state index contributed by atoms with van der Waals surface area (Å²) < 4.78 is 10.1. The zero-order chi connectivity index (χ0) is 14.0. The number of nitrogens with zero attached hydrogens (tertiary/aromatic N) is 1. The average Bonchev–Trinajstić information content (AvgIpc) is 2.37. The Morgan fingerprint density at radius 2 is 2.05 bits per heavy atom. The second-order valence-electron chi connectivity index (χ2n) is 4.30. The van der Waals surface area contributed by atoms with E-state index in [0.717, 1.165) is 0 Å². The molecule has 1 aliphatic rings. The highest BCUT2D eigenvalue weighted by Crippen LogP contribution is 2.38. The molecule has 1 atom stereocenters. The monoisotopic (exact) mass is 265 g/mol. The number of carbonyl (C=O) groups is 2. The van der Waals surface area contributed by atoms with Crippen molar-refractivity contribution in [2.24, 2.45) is 0 Å². The van der Waals surface area contributed by atoms with Gasteiger partial charge in [0.05, 0.1) is 13.5 Å². The molecule has 6 nitrogen and oxygen atoms in total. The number of aliphatic hydroxyl groups is 1. The molecular formula is C13H15NO5. The zero-order valence-corrected chi connectivity index (χ0v) is 10.8. The van der Waals surface area contributed by atoms with Gasteiger partial charge >= 0.3 is 5.97 Å². The largest absolute Gasteiger partial charge is 0.497 e. The molecule has 0 spiro atoms. The van der Waals surface area contributed by atoms with Gasteiger partial charge in [0, 0.05) is 12.6 Å². The number of aliphatic hydroxyl groups excluding tert-OH is 1. The van der Waals surface area contributed by atoms with Gasteiger partial charge in [-0.2, -0.15) is 0 Å². The van der Waals surface area contributed by atoms with E-state index in [-0.39, 0.29) is 12.3 Å². The van der Waals surface area contributed by atoms with Gasteiger partial charge < -0.3 is 14.6 Å². The first-order valence-electron chi connectivity index (χ1n) is 5.80. The number of rotatable bonds is 4. The smallest absolute Gasteiger partial charge is 0.304 e. The van der Waals surface area contributed by atoms with Crippen LogP contribution >= 0.6 is 0 Å². The van der Waals surface area contributed by atoms with Crippen LogP contribution in [0.15, 0.2) is 24.3 Å². The van der Waals surface area contributed by atoms with Crippen LogP contribution in [0.3, 0.4) is 0 Å². The number of amides is 1. The Balaban J connectivity index is 2.29. The molecule has 0 aromatic heterocycles. The number of hydrogen-bond acceptors (Lipinski definition) is 5. The molecule has 1 aromatic rings. The SMILES string of the molecule is COc1ccc(N2C(=O)C[C@]2(CO)OC(C)=O)cc1. The number of benzene rings is 1. The van der Waals surface area contributed by atoms with Crippen molar-refractivity contribution in [3.05, 3.63) is 24.3 Å². The van der Waals surface area contributed by atoms with E-state index >= 15 is 0 Å². The van der Waals surface area contributed by atoms with Gasteiger partial charge in [0.15, 0.2) is 0 Å². The summed E-state index contributed by atoms with van der Waals surface area (Å²) in [5.74, 6) is -0.0978. The molecular weight excluding hydrogens is 250 g/mol. The fourth-order valence-electron chi connectivity index (χ4n) is 2.15. The molecule has 0 bridgehead atoms.